The lowest BCUT2D eigenvalue weighted by atomic mass is 10.0. The Morgan fingerprint density at radius 3 is 2.28 bits per heavy atom. The molecular formula is C28H24N4. The van der Waals surface area contributed by atoms with E-state index in [1.54, 1.807) is 0 Å². The van der Waals surface area contributed by atoms with Crippen molar-refractivity contribution >= 4 is 16.6 Å². The third-order valence-corrected chi connectivity index (χ3v) is 5.54. The van der Waals surface area contributed by atoms with Gasteiger partial charge in [-0.3, -0.25) is 4.98 Å². The largest absolute Gasteiger partial charge is 0.366 e. The van der Waals surface area contributed by atoms with Gasteiger partial charge in [0.25, 0.3) is 0 Å². The predicted octanol–water partition coefficient (Wildman–Crippen LogP) is 6.59. The molecule has 0 saturated carbocycles. The molecule has 4 nitrogen and oxygen atoms in total. The molecule has 0 amide bonds. The maximum atomic E-state index is 4.66. The van der Waals surface area contributed by atoms with Crippen LogP contribution in [-0.4, -0.2) is 15.0 Å². The lowest BCUT2D eigenvalue weighted by Gasteiger charge is -2.10. The van der Waals surface area contributed by atoms with Crippen LogP contribution in [0.2, 0.25) is 0 Å². The van der Waals surface area contributed by atoms with Gasteiger partial charge in [-0.1, -0.05) is 60.7 Å². The molecule has 0 aliphatic carbocycles. The average Bonchev–Trinajstić information content (AvgIpc) is 2.82. The lowest BCUT2D eigenvalue weighted by molar-refractivity contribution is 1.03. The highest BCUT2D eigenvalue weighted by Crippen LogP contribution is 2.25. The molecule has 0 bridgehead atoms. The van der Waals surface area contributed by atoms with E-state index in [2.05, 4.69) is 93.1 Å². The van der Waals surface area contributed by atoms with Gasteiger partial charge in [0.15, 0.2) is 0 Å². The molecule has 2 aromatic heterocycles. The summed E-state index contributed by atoms with van der Waals surface area (Å²) in [4.78, 5) is 13.5. The van der Waals surface area contributed by atoms with E-state index in [1.807, 2.05) is 32.2 Å². The number of benzene rings is 3. The molecule has 0 aliphatic rings. The quantitative estimate of drug-likeness (QED) is 0.351. The van der Waals surface area contributed by atoms with Crippen LogP contribution in [0.1, 0.15) is 17.1 Å². The molecule has 0 fully saturated rings. The van der Waals surface area contributed by atoms with Crippen molar-refractivity contribution in [3.63, 3.8) is 0 Å². The minimum absolute atomic E-state index is 0.698. The number of rotatable bonds is 5. The summed E-state index contributed by atoms with van der Waals surface area (Å²) in [6, 6.07) is 29.6. The van der Waals surface area contributed by atoms with Crippen LogP contribution in [0.15, 0.2) is 91.1 Å². The van der Waals surface area contributed by atoms with Crippen LogP contribution < -0.4 is 5.32 Å². The number of anilines is 1. The normalized spacial score (nSPS) is 10.9. The number of nitrogens with zero attached hydrogens (tertiary/aromatic N) is 3. The van der Waals surface area contributed by atoms with E-state index in [9.17, 15) is 0 Å². The number of aryl methyl sites for hydroxylation is 2. The van der Waals surface area contributed by atoms with E-state index in [0.717, 1.165) is 28.6 Å². The standard InChI is InChI=1S/C28H24N4/c1-19-15-25(13-14-29-19)23-9-7-21(8-10-23)18-30-28-17-27(31-20(2)32-28)26-12-11-22-5-3-4-6-24(22)16-26/h3-17H,18H2,1-2H3,(H,30,31,32). The number of hydrogen-bond acceptors (Lipinski definition) is 4. The van der Waals surface area contributed by atoms with Crippen LogP contribution in [0.4, 0.5) is 5.82 Å². The first-order valence-corrected chi connectivity index (χ1v) is 10.7. The highest BCUT2D eigenvalue weighted by atomic mass is 15.0. The van der Waals surface area contributed by atoms with Gasteiger partial charge in [-0.15, -0.1) is 0 Å². The van der Waals surface area contributed by atoms with Gasteiger partial charge >= 0.3 is 0 Å². The fourth-order valence-corrected chi connectivity index (χ4v) is 3.89. The summed E-state index contributed by atoms with van der Waals surface area (Å²) in [7, 11) is 0. The summed E-state index contributed by atoms with van der Waals surface area (Å²) < 4.78 is 0. The summed E-state index contributed by atoms with van der Waals surface area (Å²) in [6.07, 6.45) is 1.85. The molecule has 0 spiro atoms. The zero-order chi connectivity index (χ0) is 21.9. The van der Waals surface area contributed by atoms with E-state index in [4.69, 9.17) is 0 Å². The number of hydrogen-bond donors (Lipinski definition) is 1. The molecule has 1 N–H and O–H groups in total. The number of aromatic nitrogens is 3. The van der Waals surface area contributed by atoms with Crippen molar-refractivity contribution in [1.82, 2.24) is 15.0 Å². The molecule has 3 aromatic carbocycles. The Kier molecular flexibility index (Phi) is 5.34. The SMILES string of the molecule is Cc1cc(-c2ccc(CNc3cc(-c4ccc5ccccc5c4)nc(C)n3)cc2)ccn1. The Balaban J connectivity index is 1.34. The Hall–Kier alpha value is -4.05. The van der Waals surface area contributed by atoms with E-state index >= 15 is 0 Å². The fourth-order valence-electron chi connectivity index (χ4n) is 3.89. The van der Waals surface area contributed by atoms with Crippen molar-refractivity contribution < 1.29 is 0 Å². The van der Waals surface area contributed by atoms with Gasteiger partial charge in [-0.25, -0.2) is 9.97 Å². The van der Waals surface area contributed by atoms with Crippen LogP contribution in [-0.2, 0) is 6.54 Å². The highest BCUT2D eigenvalue weighted by Gasteiger charge is 2.06. The Morgan fingerprint density at radius 2 is 1.47 bits per heavy atom. The summed E-state index contributed by atoms with van der Waals surface area (Å²) in [6.45, 7) is 4.64. The zero-order valence-electron chi connectivity index (χ0n) is 18.2. The highest BCUT2D eigenvalue weighted by molar-refractivity contribution is 5.87. The molecule has 0 saturated heterocycles. The summed E-state index contributed by atoms with van der Waals surface area (Å²) in [5, 5.41) is 5.89. The molecule has 2 heterocycles. The maximum Gasteiger partial charge on any atom is 0.130 e. The van der Waals surface area contributed by atoms with E-state index in [0.29, 0.717) is 6.54 Å². The smallest absolute Gasteiger partial charge is 0.130 e. The van der Waals surface area contributed by atoms with Crippen LogP contribution in [0, 0.1) is 13.8 Å². The molecular weight excluding hydrogens is 392 g/mol. The van der Waals surface area contributed by atoms with Crippen LogP contribution in [0.3, 0.4) is 0 Å². The number of fused-ring (bicyclic) bond motifs is 1. The monoisotopic (exact) mass is 416 g/mol. The van der Waals surface area contributed by atoms with Crippen LogP contribution >= 0.6 is 0 Å². The molecule has 5 aromatic rings. The third kappa shape index (κ3) is 4.35. The molecule has 4 heteroatoms. The summed E-state index contributed by atoms with van der Waals surface area (Å²) >= 11 is 0. The first kappa shape index (κ1) is 19.9. The van der Waals surface area contributed by atoms with Gasteiger partial charge in [0.05, 0.1) is 5.69 Å². The van der Waals surface area contributed by atoms with Gasteiger partial charge in [-0.05, 0) is 59.5 Å². The van der Waals surface area contributed by atoms with E-state index < -0.39 is 0 Å². The second-order valence-electron chi connectivity index (χ2n) is 7.98. The Bertz CT molecular complexity index is 1390. The summed E-state index contributed by atoms with van der Waals surface area (Å²) in [5.74, 6) is 1.58. The Morgan fingerprint density at radius 1 is 0.688 bits per heavy atom. The molecule has 5 rings (SSSR count). The molecule has 0 aliphatic heterocycles. The van der Waals surface area contributed by atoms with E-state index in [-0.39, 0.29) is 0 Å². The average molecular weight is 417 g/mol. The minimum atomic E-state index is 0.698. The van der Waals surface area contributed by atoms with Crippen LogP contribution in [0.25, 0.3) is 33.2 Å². The lowest BCUT2D eigenvalue weighted by Crippen LogP contribution is -2.04. The maximum absolute atomic E-state index is 4.66. The van der Waals surface area contributed by atoms with Crippen molar-refractivity contribution in [2.45, 2.75) is 20.4 Å². The second-order valence-corrected chi connectivity index (χ2v) is 7.98. The van der Waals surface area contributed by atoms with Crippen molar-refractivity contribution in [2.75, 3.05) is 5.32 Å². The van der Waals surface area contributed by atoms with Gasteiger partial charge in [0.2, 0.25) is 0 Å². The molecule has 0 atom stereocenters. The van der Waals surface area contributed by atoms with Crippen LogP contribution in [0.5, 0.6) is 0 Å². The first-order valence-electron chi connectivity index (χ1n) is 10.7. The van der Waals surface area contributed by atoms with E-state index in [1.165, 1.54) is 27.5 Å². The second kappa shape index (κ2) is 8.60. The molecule has 0 unspecified atom stereocenters. The zero-order valence-corrected chi connectivity index (χ0v) is 18.2. The molecule has 156 valence electrons. The number of pyridine rings is 1. The van der Waals surface area contributed by atoms with Crippen molar-refractivity contribution in [2.24, 2.45) is 0 Å². The van der Waals surface area contributed by atoms with Crippen molar-refractivity contribution in [3.05, 3.63) is 108 Å². The van der Waals surface area contributed by atoms with Gasteiger partial charge in [0, 0.05) is 30.1 Å². The summed E-state index contributed by atoms with van der Waals surface area (Å²) in [5.41, 5.74) is 6.61. The van der Waals surface area contributed by atoms with Crippen molar-refractivity contribution in [3.8, 4) is 22.4 Å². The minimum Gasteiger partial charge on any atom is -0.366 e. The van der Waals surface area contributed by atoms with Gasteiger partial charge in [0.1, 0.15) is 11.6 Å². The van der Waals surface area contributed by atoms with Gasteiger partial charge < -0.3 is 5.32 Å². The fraction of sp³-hybridized carbons (Fsp3) is 0.107. The van der Waals surface area contributed by atoms with Gasteiger partial charge in [-0.2, -0.15) is 0 Å². The predicted molar refractivity (Wildman–Crippen MR) is 131 cm³/mol. The molecule has 32 heavy (non-hydrogen) atoms. The topological polar surface area (TPSA) is 50.7 Å². The third-order valence-electron chi connectivity index (χ3n) is 5.54. The number of nitrogens with one attached hydrogen (secondary N) is 1. The Labute approximate surface area is 188 Å². The first-order chi connectivity index (χ1) is 15.6. The van der Waals surface area contributed by atoms with Crippen molar-refractivity contribution in [1.29, 1.82) is 0 Å². The molecule has 0 radical (unpaired) electrons.